The summed E-state index contributed by atoms with van der Waals surface area (Å²) in [5.41, 5.74) is 2.51. The summed E-state index contributed by atoms with van der Waals surface area (Å²) >= 11 is 7.07. The number of aromatic nitrogens is 2. The summed E-state index contributed by atoms with van der Waals surface area (Å²) in [6.07, 6.45) is 1.99. The maximum atomic E-state index is 12.0. The molecular weight excluding hydrogens is 398 g/mol. The van der Waals surface area contributed by atoms with E-state index < -0.39 is 5.97 Å². The summed E-state index contributed by atoms with van der Waals surface area (Å²) in [4.78, 5) is 33.8. The second kappa shape index (κ2) is 7.38. The Kier molecular flexibility index (Phi) is 4.77. The number of aromatic carboxylic acids is 1. The van der Waals surface area contributed by atoms with Crippen molar-refractivity contribution in [2.75, 3.05) is 4.90 Å². The van der Waals surface area contributed by atoms with Crippen molar-refractivity contribution in [3.05, 3.63) is 70.7 Å². The Morgan fingerprint density at radius 1 is 1.11 bits per heavy atom. The fourth-order valence-electron chi connectivity index (χ4n) is 2.84. The summed E-state index contributed by atoms with van der Waals surface area (Å²) in [5.74, 6) is -0.887. The highest BCUT2D eigenvalue weighted by atomic mass is 35.5. The number of carbonyl (C=O) groups is 2. The van der Waals surface area contributed by atoms with Gasteiger partial charge in [-0.05, 0) is 29.8 Å². The summed E-state index contributed by atoms with van der Waals surface area (Å²) in [6, 6.07) is 14.1. The van der Waals surface area contributed by atoms with Gasteiger partial charge in [-0.15, -0.1) is 11.3 Å². The Labute approximate surface area is 168 Å². The Morgan fingerprint density at radius 3 is 2.50 bits per heavy atom. The van der Waals surface area contributed by atoms with Crippen molar-refractivity contribution in [1.29, 1.82) is 0 Å². The van der Waals surface area contributed by atoms with Crippen molar-refractivity contribution < 1.29 is 14.7 Å². The number of carboxylic acid groups (broad SMARTS) is 1. The minimum Gasteiger partial charge on any atom is -0.478 e. The molecule has 1 N–H and O–H groups in total. The molecule has 4 rings (SSSR count). The molecule has 6 nitrogen and oxygen atoms in total. The number of benzene rings is 2. The van der Waals surface area contributed by atoms with Crippen molar-refractivity contribution in [3.8, 4) is 11.1 Å². The summed E-state index contributed by atoms with van der Waals surface area (Å²) in [5, 5.41) is 12.3. The second-order valence-electron chi connectivity index (χ2n) is 5.83. The van der Waals surface area contributed by atoms with E-state index in [1.54, 1.807) is 35.7 Å². The number of thiophene rings is 1. The van der Waals surface area contributed by atoms with Gasteiger partial charge in [0.1, 0.15) is 10.6 Å². The molecule has 138 valence electrons. The molecule has 2 aromatic heterocycles. The third kappa shape index (κ3) is 3.21. The zero-order valence-electron chi connectivity index (χ0n) is 14.2. The van der Waals surface area contributed by atoms with Gasteiger partial charge in [0.25, 0.3) is 0 Å². The predicted molar refractivity (Wildman–Crippen MR) is 109 cm³/mol. The van der Waals surface area contributed by atoms with Gasteiger partial charge in [0, 0.05) is 16.0 Å². The standard InChI is InChI=1S/C20H12ClN3O3S/c21-13-7-5-12(6-8-13)14-10-28-19(18(14)20(26)27)24(11-25)17-9-22-15-3-1-2-4-16(15)23-17/h1-11H,(H,26,27). The van der Waals surface area contributed by atoms with Crippen LogP contribution in [0.2, 0.25) is 5.02 Å². The highest BCUT2D eigenvalue weighted by Crippen LogP contribution is 2.40. The van der Waals surface area contributed by atoms with E-state index in [2.05, 4.69) is 9.97 Å². The molecule has 1 amide bonds. The molecule has 0 aliphatic heterocycles. The number of nitrogens with zero attached hydrogens (tertiary/aromatic N) is 3. The summed E-state index contributed by atoms with van der Waals surface area (Å²) < 4.78 is 0. The Bertz CT molecular complexity index is 1190. The SMILES string of the molecule is O=CN(c1cnc2ccccc2n1)c1scc(-c2ccc(Cl)cc2)c1C(=O)O. The fourth-order valence-corrected chi connectivity index (χ4v) is 4.02. The van der Waals surface area contributed by atoms with Crippen molar-refractivity contribution in [1.82, 2.24) is 9.97 Å². The highest BCUT2D eigenvalue weighted by Gasteiger charge is 2.25. The average Bonchev–Trinajstić information content (AvgIpc) is 3.14. The van der Waals surface area contributed by atoms with Crippen LogP contribution in [-0.4, -0.2) is 27.5 Å². The molecule has 0 spiro atoms. The molecule has 0 saturated heterocycles. The van der Waals surface area contributed by atoms with E-state index in [-0.39, 0.29) is 16.4 Å². The van der Waals surface area contributed by atoms with E-state index in [1.165, 1.54) is 11.1 Å². The minimum absolute atomic E-state index is 0.0226. The quantitative estimate of drug-likeness (QED) is 0.469. The third-order valence-corrected chi connectivity index (χ3v) is 5.38. The highest BCUT2D eigenvalue weighted by molar-refractivity contribution is 7.15. The lowest BCUT2D eigenvalue weighted by Crippen LogP contribution is -2.17. The largest absolute Gasteiger partial charge is 0.478 e. The third-order valence-electron chi connectivity index (χ3n) is 4.15. The van der Waals surface area contributed by atoms with Crippen LogP contribution in [0.3, 0.4) is 0 Å². The summed E-state index contributed by atoms with van der Waals surface area (Å²) in [6.45, 7) is 0. The van der Waals surface area contributed by atoms with Crippen molar-refractivity contribution in [3.63, 3.8) is 0 Å². The lowest BCUT2D eigenvalue weighted by molar-refractivity contribution is -0.106. The number of anilines is 2. The van der Waals surface area contributed by atoms with E-state index in [0.29, 0.717) is 33.6 Å². The molecule has 0 aliphatic carbocycles. The number of hydrogen-bond donors (Lipinski definition) is 1. The van der Waals surface area contributed by atoms with Gasteiger partial charge in [-0.1, -0.05) is 35.9 Å². The molecular formula is C20H12ClN3O3S. The van der Waals surface area contributed by atoms with Crippen LogP contribution in [-0.2, 0) is 4.79 Å². The minimum atomic E-state index is -1.14. The summed E-state index contributed by atoms with van der Waals surface area (Å²) in [7, 11) is 0. The van der Waals surface area contributed by atoms with Crippen LogP contribution in [0, 0.1) is 0 Å². The molecule has 4 aromatic rings. The maximum absolute atomic E-state index is 12.0. The lowest BCUT2D eigenvalue weighted by atomic mass is 10.0. The first-order chi connectivity index (χ1) is 13.6. The lowest BCUT2D eigenvalue weighted by Gasteiger charge is -2.16. The van der Waals surface area contributed by atoms with Crippen LogP contribution >= 0.6 is 22.9 Å². The molecule has 0 radical (unpaired) electrons. The Morgan fingerprint density at radius 2 is 1.82 bits per heavy atom. The van der Waals surface area contributed by atoms with Crippen LogP contribution in [0.5, 0.6) is 0 Å². The van der Waals surface area contributed by atoms with Gasteiger partial charge in [0.2, 0.25) is 6.41 Å². The van der Waals surface area contributed by atoms with E-state index >= 15 is 0 Å². The van der Waals surface area contributed by atoms with E-state index in [9.17, 15) is 14.7 Å². The molecule has 2 heterocycles. The molecule has 2 aromatic carbocycles. The number of fused-ring (bicyclic) bond motifs is 1. The van der Waals surface area contributed by atoms with Gasteiger partial charge in [-0.2, -0.15) is 0 Å². The molecule has 0 unspecified atom stereocenters. The average molecular weight is 410 g/mol. The predicted octanol–water partition coefficient (Wildman–Crippen LogP) is 5.00. The van der Waals surface area contributed by atoms with Gasteiger partial charge in [-0.25, -0.2) is 9.78 Å². The number of amides is 1. The topological polar surface area (TPSA) is 83.4 Å². The van der Waals surface area contributed by atoms with Crippen LogP contribution in [0.15, 0.2) is 60.1 Å². The molecule has 0 aliphatic rings. The van der Waals surface area contributed by atoms with Gasteiger partial charge in [0.05, 0.1) is 17.2 Å². The van der Waals surface area contributed by atoms with Gasteiger partial charge < -0.3 is 5.11 Å². The smallest absolute Gasteiger partial charge is 0.339 e. The monoisotopic (exact) mass is 409 g/mol. The first-order valence-corrected chi connectivity index (χ1v) is 9.41. The zero-order chi connectivity index (χ0) is 19.7. The van der Waals surface area contributed by atoms with Gasteiger partial charge in [-0.3, -0.25) is 14.7 Å². The van der Waals surface area contributed by atoms with E-state index in [4.69, 9.17) is 11.6 Å². The second-order valence-corrected chi connectivity index (χ2v) is 7.13. The van der Waals surface area contributed by atoms with Gasteiger partial charge >= 0.3 is 5.97 Å². The number of halogens is 1. The molecule has 28 heavy (non-hydrogen) atoms. The molecule has 0 saturated carbocycles. The number of para-hydroxylation sites is 2. The number of carbonyl (C=O) groups excluding carboxylic acids is 1. The number of carboxylic acids is 1. The van der Waals surface area contributed by atoms with E-state index in [1.807, 2.05) is 18.2 Å². The number of rotatable bonds is 5. The molecule has 0 fully saturated rings. The first kappa shape index (κ1) is 18.1. The number of hydrogen-bond acceptors (Lipinski definition) is 5. The Balaban J connectivity index is 1.85. The molecule has 8 heteroatoms. The first-order valence-electron chi connectivity index (χ1n) is 8.15. The Hall–Kier alpha value is -3.29. The molecule has 0 atom stereocenters. The fraction of sp³-hybridized carbons (Fsp3) is 0. The maximum Gasteiger partial charge on any atom is 0.339 e. The van der Waals surface area contributed by atoms with Crippen LogP contribution < -0.4 is 4.90 Å². The van der Waals surface area contributed by atoms with E-state index in [0.717, 1.165) is 11.3 Å². The molecule has 0 bridgehead atoms. The van der Waals surface area contributed by atoms with Crippen molar-refractivity contribution in [2.45, 2.75) is 0 Å². The van der Waals surface area contributed by atoms with Crippen LogP contribution in [0.4, 0.5) is 10.8 Å². The van der Waals surface area contributed by atoms with Gasteiger partial charge in [0.15, 0.2) is 5.82 Å². The zero-order valence-corrected chi connectivity index (χ0v) is 15.8. The van der Waals surface area contributed by atoms with Crippen molar-refractivity contribution >= 4 is 57.2 Å². The van der Waals surface area contributed by atoms with Crippen LogP contribution in [0.1, 0.15) is 10.4 Å². The van der Waals surface area contributed by atoms with Crippen molar-refractivity contribution in [2.24, 2.45) is 0 Å². The normalized spacial score (nSPS) is 10.8. The van der Waals surface area contributed by atoms with Crippen LogP contribution in [0.25, 0.3) is 22.2 Å².